The molecule has 10 heteroatoms. The van der Waals surface area contributed by atoms with Gasteiger partial charge in [0.15, 0.2) is 0 Å². The fourth-order valence-corrected chi connectivity index (χ4v) is 2.57. The minimum atomic E-state index is -4.77. The van der Waals surface area contributed by atoms with Gasteiger partial charge >= 0.3 is 6.36 Å². The van der Waals surface area contributed by atoms with E-state index in [2.05, 4.69) is 36.9 Å². The number of carbonyl (C=O) groups is 1. The molecule has 1 aliphatic heterocycles. The van der Waals surface area contributed by atoms with Crippen LogP contribution < -0.4 is 15.0 Å². The molecule has 1 aromatic heterocycles. The molecule has 2 heterocycles. The topological polar surface area (TPSA) is 70.6 Å². The molecule has 0 aliphatic carbocycles. The average molecular weight is 381 g/mol. The zero-order valence-electron chi connectivity index (χ0n) is 14.5. The Morgan fingerprint density at radius 2 is 1.67 bits per heavy atom. The number of hydrogen-bond acceptors (Lipinski definition) is 6. The number of halogens is 3. The Bertz CT molecular complexity index is 773. The van der Waals surface area contributed by atoms with Crippen LogP contribution in [0.15, 0.2) is 36.7 Å². The maximum Gasteiger partial charge on any atom is 0.573 e. The summed E-state index contributed by atoms with van der Waals surface area (Å²) in [7, 11) is 2.05. The number of nitrogens with one attached hydrogen (secondary N) is 1. The van der Waals surface area contributed by atoms with Crippen molar-refractivity contribution >= 4 is 17.5 Å². The van der Waals surface area contributed by atoms with E-state index < -0.39 is 12.3 Å². The van der Waals surface area contributed by atoms with Gasteiger partial charge in [-0.2, -0.15) is 0 Å². The first kappa shape index (κ1) is 18.9. The first-order valence-corrected chi connectivity index (χ1v) is 8.23. The van der Waals surface area contributed by atoms with E-state index in [-0.39, 0.29) is 11.3 Å². The summed E-state index contributed by atoms with van der Waals surface area (Å²) in [5.41, 5.74) is 0.584. The molecule has 3 rings (SSSR count). The van der Waals surface area contributed by atoms with E-state index in [9.17, 15) is 18.0 Å². The van der Waals surface area contributed by atoms with Crippen LogP contribution in [0.25, 0.3) is 0 Å². The first-order valence-electron chi connectivity index (χ1n) is 8.23. The predicted octanol–water partition coefficient (Wildman–Crippen LogP) is 2.38. The molecule has 1 saturated heterocycles. The normalized spacial score (nSPS) is 15.5. The SMILES string of the molecule is CN1CCN(c2ncc(NC(=O)c3ccc(OC(F)(F)F)cc3)cn2)CC1. The van der Waals surface area contributed by atoms with Gasteiger partial charge in [-0.25, -0.2) is 9.97 Å². The van der Waals surface area contributed by atoms with Crippen molar-refractivity contribution in [3.8, 4) is 5.75 Å². The first-order chi connectivity index (χ1) is 12.8. The molecule has 27 heavy (non-hydrogen) atoms. The quantitative estimate of drug-likeness (QED) is 0.877. The van der Waals surface area contributed by atoms with Crippen molar-refractivity contribution in [3.05, 3.63) is 42.2 Å². The second-order valence-corrected chi connectivity index (χ2v) is 6.09. The van der Waals surface area contributed by atoms with Gasteiger partial charge < -0.3 is 19.9 Å². The smallest absolute Gasteiger partial charge is 0.406 e. The van der Waals surface area contributed by atoms with Gasteiger partial charge in [0.2, 0.25) is 5.95 Å². The van der Waals surface area contributed by atoms with Gasteiger partial charge in [-0.05, 0) is 31.3 Å². The van der Waals surface area contributed by atoms with Crippen molar-refractivity contribution in [3.63, 3.8) is 0 Å². The lowest BCUT2D eigenvalue weighted by molar-refractivity contribution is -0.274. The van der Waals surface area contributed by atoms with Crippen molar-refractivity contribution in [1.29, 1.82) is 0 Å². The number of likely N-dealkylation sites (N-methyl/N-ethyl adjacent to an activating group) is 1. The number of aromatic nitrogens is 2. The van der Waals surface area contributed by atoms with Crippen LogP contribution in [-0.2, 0) is 0 Å². The molecule has 0 atom stereocenters. The van der Waals surface area contributed by atoms with Crippen LogP contribution in [0.3, 0.4) is 0 Å². The molecule has 1 aliphatic rings. The van der Waals surface area contributed by atoms with Gasteiger partial charge in [-0.1, -0.05) is 0 Å². The van der Waals surface area contributed by atoms with Crippen molar-refractivity contribution in [2.75, 3.05) is 43.4 Å². The number of amides is 1. The molecule has 0 unspecified atom stereocenters. The molecular weight excluding hydrogens is 363 g/mol. The Kier molecular flexibility index (Phi) is 5.45. The van der Waals surface area contributed by atoms with Gasteiger partial charge in [0.05, 0.1) is 18.1 Å². The number of alkyl halides is 3. The summed E-state index contributed by atoms with van der Waals surface area (Å²) in [5.74, 6) is -0.279. The number of carbonyl (C=O) groups excluding carboxylic acids is 1. The average Bonchev–Trinajstić information content (AvgIpc) is 2.62. The third-order valence-electron chi connectivity index (χ3n) is 4.03. The molecule has 1 N–H and O–H groups in total. The molecular formula is C17H18F3N5O2. The number of rotatable bonds is 4. The number of piperazine rings is 1. The van der Waals surface area contributed by atoms with E-state index >= 15 is 0 Å². The lowest BCUT2D eigenvalue weighted by Gasteiger charge is -2.32. The zero-order chi connectivity index (χ0) is 19.4. The van der Waals surface area contributed by atoms with E-state index in [1.165, 1.54) is 24.5 Å². The number of anilines is 2. The van der Waals surface area contributed by atoms with Gasteiger partial charge in [0.1, 0.15) is 5.75 Å². The molecule has 7 nitrogen and oxygen atoms in total. The highest BCUT2D eigenvalue weighted by atomic mass is 19.4. The van der Waals surface area contributed by atoms with Gasteiger partial charge in [-0.15, -0.1) is 13.2 Å². The van der Waals surface area contributed by atoms with E-state index in [4.69, 9.17) is 0 Å². The lowest BCUT2D eigenvalue weighted by Crippen LogP contribution is -2.45. The summed E-state index contributed by atoms with van der Waals surface area (Å²) in [6.07, 6.45) is -1.77. The highest BCUT2D eigenvalue weighted by Gasteiger charge is 2.31. The van der Waals surface area contributed by atoms with Gasteiger partial charge in [0.25, 0.3) is 5.91 Å². The molecule has 0 saturated carbocycles. The van der Waals surface area contributed by atoms with Crippen molar-refractivity contribution in [2.24, 2.45) is 0 Å². The number of nitrogens with zero attached hydrogens (tertiary/aromatic N) is 4. The van der Waals surface area contributed by atoms with Crippen LogP contribution in [0.4, 0.5) is 24.8 Å². The van der Waals surface area contributed by atoms with Crippen LogP contribution in [0, 0.1) is 0 Å². The fraction of sp³-hybridized carbons (Fsp3) is 0.353. The number of ether oxygens (including phenoxy) is 1. The monoisotopic (exact) mass is 381 g/mol. The highest BCUT2D eigenvalue weighted by Crippen LogP contribution is 2.23. The summed E-state index contributed by atoms with van der Waals surface area (Å²) >= 11 is 0. The number of benzene rings is 1. The Morgan fingerprint density at radius 1 is 1.07 bits per heavy atom. The Labute approximate surface area is 153 Å². The lowest BCUT2D eigenvalue weighted by atomic mass is 10.2. The largest absolute Gasteiger partial charge is 0.573 e. The third-order valence-corrected chi connectivity index (χ3v) is 4.03. The van der Waals surface area contributed by atoms with E-state index in [1.807, 2.05) is 0 Å². The van der Waals surface area contributed by atoms with E-state index in [0.717, 1.165) is 38.3 Å². The van der Waals surface area contributed by atoms with Crippen LogP contribution in [0.2, 0.25) is 0 Å². The minimum Gasteiger partial charge on any atom is -0.406 e. The summed E-state index contributed by atoms with van der Waals surface area (Å²) in [6, 6.07) is 4.65. The van der Waals surface area contributed by atoms with Crippen molar-refractivity contribution in [2.45, 2.75) is 6.36 Å². The van der Waals surface area contributed by atoms with Gasteiger partial charge in [-0.3, -0.25) is 4.79 Å². The predicted molar refractivity (Wildman–Crippen MR) is 92.8 cm³/mol. The van der Waals surface area contributed by atoms with Crippen LogP contribution >= 0.6 is 0 Å². The van der Waals surface area contributed by atoms with E-state index in [0.29, 0.717) is 11.6 Å². The molecule has 0 spiro atoms. The molecule has 2 aromatic rings. The summed E-state index contributed by atoms with van der Waals surface area (Å²) in [4.78, 5) is 25.0. The van der Waals surface area contributed by atoms with Crippen LogP contribution in [-0.4, -0.2) is 60.4 Å². The standard InChI is InChI=1S/C17H18F3N5O2/c1-24-6-8-25(9-7-24)16-21-10-13(11-22-16)23-15(26)12-2-4-14(5-3-12)27-17(18,19)20/h2-5,10-11H,6-9H2,1H3,(H,23,26). The summed E-state index contributed by atoms with van der Waals surface area (Å²) in [6.45, 7) is 3.51. The highest BCUT2D eigenvalue weighted by molar-refractivity contribution is 6.04. The summed E-state index contributed by atoms with van der Waals surface area (Å²) in [5, 5.41) is 2.61. The zero-order valence-corrected chi connectivity index (χ0v) is 14.5. The molecule has 0 radical (unpaired) electrons. The maximum atomic E-state index is 12.2. The fourth-order valence-electron chi connectivity index (χ4n) is 2.57. The molecule has 1 aromatic carbocycles. The Morgan fingerprint density at radius 3 is 2.22 bits per heavy atom. The van der Waals surface area contributed by atoms with E-state index in [1.54, 1.807) is 0 Å². The van der Waals surface area contributed by atoms with Crippen LogP contribution in [0.5, 0.6) is 5.75 Å². The van der Waals surface area contributed by atoms with Crippen molar-refractivity contribution < 1.29 is 22.7 Å². The van der Waals surface area contributed by atoms with Crippen LogP contribution in [0.1, 0.15) is 10.4 Å². The second kappa shape index (κ2) is 7.78. The molecule has 1 amide bonds. The van der Waals surface area contributed by atoms with Crippen molar-refractivity contribution in [1.82, 2.24) is 14.9 Å². The minimum absolute atomic E-state index is 0.188. The molecule has 0 bridgehead atoms. The molecule has 144 valence electrons. The van der Waals surface area contributed by atoms with Gasteiger partial charge in [0, 0.05) is 31.7 Å². The Hall–Kier alpha value is -2.88. The molecule has 1 fully saturated rings. The summed E-state index contributed by atoms with van der Waals surface area (Å²) < 4.78 is 40.2. The third kappa shape index (κ3) is 5.30. The maximum absolute atomic E-state index is 12.2. The second-order valence-electron chi connectivity index (χ2n) is 6.09. The number of hydrogen-bond donors (Lipinski definition) is 1. The Balaban J connectivity index is 1.59.